The second-order valence-electron chi connectivity index (χ2n) is 1.61. The molecule has 0 aliphatic carbocycles. The van der Waals surface area contributed by atoms with Gasteiger partial charge in [0.05, 0.1) is 0 Å². The van der Waals surface area contributed by atoms with E-state index in [1.54, 1.807) is 4.74 Å². The van der Waals surface area contributed by atoms with Gasteiger partial charge in [0.2, 0.25) is 0 Å². The number of rotatable bonds is 0. The molecule has 12 N–H and O–H groups in total. The fourth-order valence-electron chi connectivity index (χ4n) is 0. The van der Waals surface area contributed by atoms with Crippen LogP contribution in [0.5, 0.6) is 0 Å². The van der Waals surface area contributed by atoms with Gasteiger partial charge < -0.3 is 60.3 Å². The van der Waals surface area contributed by atoms with Crippen LogP contribution in [-0.2, 0) is 0 Å². The van der Waals surface area contributed by atoms with E-state index < -0.39 is 29.3 Å². The first kappa shape index (κ1) is 31.3. The monoisotopic (exact) mass is 281 g/mol. The Bertz CT molecular complexity index is 127. The zero-order valence-electron chi connectivity index (χ0n) is 9.62. The van der Waals surface area contributed by atoms with E-state index in [2.05, 4.69) is 0 Å². The van der Waals surface area contributed by atoms with Crippen LogP contribution in [0.3, 0.4) is 0 Å². The molecule has 0 amide bonds. The Labute approximate surface area is 118 Å². The summed E-state index contributed by atoms with van der Waals surface area (Å²) in [5, 5.41) is 93.3. The van der Waals surface area contributed by atoms with Crippen LogP contribution >= 0.6 is 0 Å². The standard InChI is InChI=1S/CN.4BH3O3.Li/c1-2;4*2-1(3)4;/h;4*2-4H;. The van der Waals surface area contributed by atoms with Gasteiger partial charge in [-0.3, -0.25) is 0 Å². The quantitative estimate of drug-likeness (QED) is 0.184. The van der Waals surface area contributed by atoms with Crippen molar-refractivity contribution in [3.8, 4) is 4.74 Å². The molecular weight excluding hydrogens is 268 g/mol. The number of hydrogen-bond acceptors (Lipinski definition) is 13. The topological polar surface area (TPSA) is 267 Å². The minimum absolute atomic E-state index is 1.43. The fraction of sp³-hybridized carbons (Fsp3) is 0. The molecule has 0 saturated carbocycles. The Kier molecular flexibility index (Phi) is 50.6. The zero-order valence-corrected chi connectivity index (χ0v) is 9.62. The van der Waals surface area contributed by atoms with Gasteiger partial charge in [0.1, 0.15) is 0 Å². The molecule has 106 valence electrons. The van der Waals surface area contributed by atoms with Gasteiger partial charge >= 0.3 is 57.0 Å². The van der Waals surface area contributed by atoms with Crippen molar-refractivity contribution in [2.75, 3.05) is 0 Å². The third kappa shape index (κ3) is 255000. The Balaban J connectivity index is -0.0000000432. The van der Waals surface area contributed by atoms with Crippen molar-refractivity contribution in [2.24, 2.45) is 0 Å². The Morgan fingerprint density at radius 2 is 0.526 bits per heavy atom. The molecule has 19 heavy (non-hydrogen) atoms. The van der Waals surface area contributed by atoms with E-state index in [0.717, 1.165) is 0 Å². The molecule has 0 aliphatic heterocycles. The van der Waals surface area contributed by atoms with Crippen LogP contribution in [0.25, 0.3) is 0 Å². The first-order valence-electron chi connectivity index (χ1n) is 3.82. The van der Waals surface area contributed by atoms with E-state index in [0.29, 0.717) is 0 Å². The van der Waals surface area contributed by atoms with E-state index in [4.69, 9.17) is 65.6 Å². The van der Waals surface area contributed by atoms with Gasteiger partial charge in [-0.1, -0.05) is 0 Å². The average Bonchev–Trinajstić information content (AvgIpc) is 1.97. The van der Waals surface area contributed by atoms with E-state index in [-0.39, 0.29) is 0 Å². The summed E-state index contributed by atoms with van der Waals surface area (Å²) in [4.78, 5) is 0. The maximum atomic E-state index is 7.32. The molecular formula is CH12B4LiNO12. The fourth-order valence-corrected chi connectivity index (χ4v) is 0. The van der Waals surface area contributed by atoms with Gasteiger partial charge in [0.25, 0.3) is 0 Å². The summed E-state index contributed by atoms with van der Waals surface area (Å²) in [7, 11) is -8.67. The zero-order chi connectivity index (χ0) is 17.0. The van der Waals surface area contributed by atoms with Crippen LogP contribution in [0, 0.1) is 10.0 Å². The summed E-state index contributed by atoms with van der Waals surface area (Å²) in [6.45, 7) is 0. The summed E-state index contributed by atoms with van der Waals surface area (Å²) < 4.78 is 1.75. The first-order chi connectivity index (χ1) is 8.34. The Morgan fingerprint density at radius 3 is 0.526 bits per heavy atom. The van der Waals surface area contributed by atoms with Gasteiger partial charge in [0, 0.05) is 0 Å². The SMILES string of the molecule is OB(O)O.OB(O)O.OB(O)O.OB(O)O.[Li][C]#N. The van der Waals surface area contributed by atoms with Crippen LogP contribution in [0.2, 0.25) is 0 Å². The molecule has 0 fully saturated rings. The van der Waals surface area contributed by atoms with Gasteiger partial charge in [-0.25, -0.2) is 0 Å². The van der Waals surface area contributed by atoms with Crippen LogP contribution in [0.15, 0.2) is 0 Å². The first-order valence-corrected chi connectivity index (χ1v) is 3.82. The minimum atomic E-state index is -2.17. The van der Waals surface area contributed by atoms with Crippen molar-refractivity contribution in [1.29, 1.82) is 5.26 Å². The molecule has 0 unspecified atom stereocenters. The van der Waals surface area contributed by atoms with Crippen LogP contribution in [0.1, 0.15) is 0 Å². The average molecular weight is 280 g/mol. The number of nitrogens with zero attached hydrogens (tertiary/aromatic N) is 1. The van der Waals surface area contributed by atoms with Gasteiger partial charge in [-0.15, -0.1) is 0 Å². The number of nitriles is 1. The second-order valence-corrected chi connectivity index (χ2v) is 1.61. The van der Waals surface area contributed by atoms with E-state index in [1.165, 1.54) is 17.7 Å². The molecule has 0 bridgehead atoms. The van der Waals surface area contributed by atoms with Crippen molar-refractivity contribution >= 4 is 47.0 Å². The van der Waals surface area contributed by atoms with Gasteiger partial charge in [-0.05, 0) is 0 Å². The summed E-state index contributed by atoms with van der Waals surface area (Å²) >= 11 is 1.43. The van der Waals surface area contributed by atoms with Gasteiger partial charge in [0.15, 0.2) is 0 Å². The van der Waals surface area contributed by atoms with Crippen LogP contribution in [-0.4, -0.2) is 107 Å². The van der Waals surface area contributed by atoms with Crippen LogP contribution in [0.4, 0.5) is 0 Å². The molecule has 13 nitrogen and oxygen atoms in total. The van der Waals surface area contributed by atoms with E-state index in [9.17, 15) is 0 Å². The normalized spacial score (nSPS) is 6.16. The molecule has 0 atom stereocenters. The summed E-state index contributed by atoms with van der Waals surface area (Å²) in [6, 6.07) is 0. The summed E-state index contributed by atoms with van der Waals surface area (Å²) in [5.74, 6) is 0. The predicted molar refractivity (Wildman–Crippen MR) is 61.0 cm³/mol. The number of hydrogen-bond donors (Lipinski definition) is 12. The Hall–Kier alpha value is -0.133. The van der Waals surface area contributed by atoms with E-state index in [1.807, 2.05) is 0 Å². The molecule has 0 aliphatic rings. The molecule has 0 saturated heterocycles. The summed E-state index contributed by atoms with van der Waals surface area (Å²) in [6.07, 6.45) is 0. The van der Waals surface area contributed by atoms with Crippen LogP contribution < -0.4 is 0 Å². The van der Waals surface area contributed by atoms with Crippen molar-refractivity contribution < 1.29 is 60.3 Å². The molecule has 0 aromatic rings. The molecule has 0 aromatic heterocycles. The maximum absolute atomic E-state index is 7.32. The van der Waals surface area contributed by atoms with Crippen molar-refractivity contribution in [1.82, 2.24) is 0 Å². The molecule has 0 heterocycles. The van der Waals surface area contributed by atoms with Crippen molar-refractivity contribution in [2.45, 2.75) is 0 Å². The summed E-state index contributed by atoms with van der Waals surface area (Å²) in [5.41, 5.74) is 0. The molecule has 0 spiro atoms. The molecule has 18 heteroatoms. The third-order valence-corrected chi connectivity index (χ3v) is 0. The third-order valence-electron chi connectivity index (χ3n) is 0. The van der Waals surface area contributed by atoms with Crippen molar-refractivity contribution in [3.05, 3.63) is 0 Å². The van der Waals surface area contributed by atoms with Crippen molar-refractivity contribution in [3.63, 3.8) is 0 Å². The molecule has 0 aromatic carbocycles. The van der Waals surface area contributed by atoms with Gasteiger partial charge in [-0.2, -0.15) is 0 Å². The molecule has 0 radical (unpaired) electrons. The Morgan fingerprint density at radius 1 is 0.526 bits per heavy atom. The second kappa shape index (κ2) is 30.7. The predicted octanol–water partition coefficient (Wildman–Crippen LogP) is -8.57. The van der Waals surface area contributed by atoms with E-state index >= 15 is 0 Å². The molecule has 0 rings (SSSR count).